The van der Waals surface area contributed by atoms with Crippen molar-refractivity contribution in [2.24, 2.45) is 0 Å². The Bertz CT molecular complexity index is 576. The summed E-state index contributed by atoms with van der Waals surface area (Å²) < 4.78 is 5.59. The zero-order valence-electron chi connectivity index (χ0n) is 16.0. The first-order valence-corrected chi connectivity index (χ1v) is 10.0. The highest BCUT2D eigenvalue weighted by Gasteiger charge is 2.31. The summed E-state index contributed by atoms with van der Waals surface area (Å²) in [6.07, 6.45) is 8.48. The summed E-state index contributed by atoms with van der Waals surface area (Å²) in [4.78, 5) is 25.5. The van der Waals surface area contributed by atoms with Crippen LogP contribution in [0.2, 0.25) is 0 Å². The van der Waals surface area contributed by atoms with E-state index >= 15 is 0 Å². The topological polar surface area (TPSA) is 58.6 Å². The van der Waals surface area contributed by atoms with Gasteiger partial charge in [-0.1, -0.05) is 0 Å². The van der Waals surface area contributed by atoms with Gasteiger partial charge in [0, 0.05) is 38.1 Å². The van der Waals surface area contributed by atoms with Crippen LogP contribution in [0.4, 0.5) is 4.79 Å². The van der Waals surface area contributed by atoms with E-state index < -0.39 is 5.60 Å². The number of hydrogen-bond donors (Lipinski definition) is 0. The molecule has 2 heterocycles. The standard InChI is InChI=1S/C18H30N4O2S/c1-18(2,3)24-17(23)22-11-7-6-8-14(22)12-21(4)13-15-16(25-5)20-10-9-19-15/h9-10,14H,6-8,11-13H2,1-5H3/t14-/m0/s1. The first kappa shape index (κ1) is 20.0. The minimum absolute atomic E-state index is 0.183. The molecule has 1 fully saturated rings. The second-order valence-corrected chi connectivity index (χ2v) is 8.33. The molecule has 1 atom stereocenters. The van der Waals surface area contributed by atoms with E-state index in [1.807, 2.05) is 31.9 Å². The Balaban J connectivity index is 1.99. The fraction of sp³-hybridized carbons (Fsp3) is 0.722. The second-order valence-electron chi connectivity index (χ2n) is 7.53. The van der Waals surface area contributed by atoms with Gasteiger partial charge in [0.05, 0.1) is 5.69 Å². The van der Waals surface area contributed by atoms with Gasteiger partial charge in [0.2, 0.25) is 0 Å². The first-order valence-electron chi connectivity index (χ1n) is 8.82. The Morgan fingerprint density at radius 1 is 1.36 bits per heavy atom. The SMILES string of the molecule is CSc1nccnc1CN(C)C[C@@H]1CCCCN1C(=O)OC(C)(C)C. The predicted octanol–water partition coefficient (Wildman–Crippen LogP) is 3.42. The van der Waals surface area contributed by atoms with Crippen LogP contribution in [0.5, 0.6) is 0 Å². The molecule has 0 N–H and O–H groups in total. The summed E-state index contributed by atoms with van der Waals surface area (Å²) in [6.45, 7) is 8.04. The van der Waals surface area contributed by atoms with Crippen LogP contribution in [0.1, 0.15) is 45.7 Å². The Labute approximate surface area is 155 Å². The van der Waals surface area contributed by atoms with Gasteiger partial charge in [-0.3, -0.25) is 9.88 Å². The third-order valence-corrected chi connectivity index (χ3v) is 4.85. The molecule has 1 saturated heterocycles. The van der Waals surface area contributed by atoms with Crippen molar-refractivity contribution in [3.8, 4) is 0 Å². The molecule has 7 heteroatoms. The molecule has 1 aromatic rings. The molecule has 1 amide bonds. The lowest BCUT2D eigenvalue weighted by Gasteiger charge is -2.38. The maximum absolute atomic E-state index is 12.5. The lowest BCUT2D eigenvalue weighted by molar-refractivity contribution is 0.00580. The van der Waals surface area contributed by atoms with Crippen LogP contribution in [0, 0.1) is 0 Å². The van der Waals surface area contributed by atoms with Crippen molar-refractivity contribution in [3.63, 3.8) is 0 Å². The predicted molar refractivity (Wildman–Crippen MR) is 101 cm³/mol. The number of nitrogens with zero attached hydrogens (tertiary/aromatic N) is 4. The van der Waals surface area contributed by atoms with E-state index in [0.29, 0.717) is 0 Å². The number of hydrogen-bond acceptors (Lipinski definition) is 6. The summed E-state index contributed by atoms with van der Waals surface area (Å²) in [7, 11) is 2.07. The van der Waals surface area contributed by atoms with E-state index in [2.05, 4.69) is 21.9 Å². The molecule has 0 spiro atoms. The van der Waals surface area contributed by atoms with Gasteiger partial charge in [0.1, 0.15) is 10.6 Å². The molecule has 1 aliphatic heterocycles. The molecule has 0 saturated carbocycles. The van der Waals surface area contributed by atoms with Crippen molar-refractivity contribution in [1.29, 1.82) is 0 Å². The smallest absolute Gasteiger partial charge is 0.410 e. The van der Waals surface area contributed by atoms with Gasteiger partial charge in [-0.15, -0.1) is 11.8 Å². The average molecular weight is 367 g/mol. The highest BCUT2D eigenvalue weighted by atomic mass is 32.2. The molecular weight excluding hydrogens is 336 g/mol. The van der Waals surface area contributed by atoms with E-state index in [0.717, 1.165) is 49.6 Å². The average Bonchev–Trinajstić information content (AvgIpc) is 2.54. The van der Waals surface area contributed by atoms with Gasteiger partial charge in [-0.05, 0) is 53.3 Å². The largest absolute Gasteiger partial charge is 0.444 e. The Kier molecular flexibility index (Phi) is 7.07. The summed E-state index contributed by atoms with van der Waals surface area (Å²) in [5.41, 5.74) is 0.523. The lowest BCUT2D eigenvalue weighted by Crippen LogP contribution is -2.50. The Morgan fingerprint density at radius 2 is 2.08 bits per heavy atom. The molecule has 25 heavy (non-hydrogen) atoms. The van der Waals surface area contributed by atoms with Gasteiger partial charge in [-0.25, -0.2) is 9.78 Å². The molecule has 2 rings (SSSR count). The number of carbonyl (C=O) groups is 1. The number of carbonyl (C=O) groups excluding carboxylic acids is 1. The van der Waals surface area contributed by atoms with Crippen molar-refractivity contribution in [1.82, 2.24) is 19.8 Å². The second kappa shape index (κ2) is 8.85. The minimum Gasteiger partial charge on any atom is -0.444 e. The van der Waals surface area contributed by atoms with E-state index in [1.54, 1.807) is 24.2 Å². The fourth-order valence-electron chi connectivity index (χ4n) is 3.06. The van der Waals surface area contributed by atoms with Crippen LogP contribution in [0.25, 0.3) is 0 Å². The van der Waals surface area contributed by atoms with Crippen LogP contribution in [0.15, 0.2) is 17.4 Å². The maximum Gasteiger partial charge on any atom is 0.410 e. The number of likely N-dealkylation sites (N-methyl/N-ethyl adjacent to an activating group) is 1. The number of aromatic nitrogens is 2. The minimum atomic E-state index is -0.460. The summed E-state index contributed by atoms with van der Waals surface area (Å²) in [6, 6.07) is 0.183. The van der Waals surface area contributed by atoms with E-state index in [9.17, 15) is 4.79 Å². The highest BCUT2D eigenvalue weighted by molar-refractivity contribution is 7.98. The summed E-state index contributed by atoms with van der Waals surface area (Å²) in [5, 5.41) is 0.960. The fourth-order valence-corrected chi connectivity index (χ4v) is 3.58. The molecule has 0 aromatic carbocycles. The van der Waals surface area contributed by atoms with Crippen molar-refractivity contribution < 1.29 is 9.53 Å². The van der Waals surface area contributed by atoms with Crippen molar-refractivity contribution in [2.75, 3.05) is 26.4 Å². The van der Waals surface area contributed by atoms with Crippen molar-refractivity contribution >= 4 is 17.9 Å². The van der Waals surface area contributed by atoms with Crippen molar-refractivity contribution in [2.45, 2.75) is 63.2 Å². The third kappa shape index (κ3) is 6.15. The van der Waals surface area contributed by atoms with Gasteiger partial charge in [0.15, 0.2) is 0 Å². The first-order chi connectivity index (χ1) is 11.8. The Hall–Kier alpha value is -1.34. The zero-order valence-corrected chi connectivity index (χ0v) is 16.8. The van der Waals surface area contributed by atoms with E-state index in [4.69, 9.17) is 4.74 Å². The van der Waals surface area contributed by atoms with Gasteiger partial charge >= 0.3 is 6.09 Å². The normalized spacial score (nSPS) is 18.5. The summed E-state index contributed by atoms with van der Waals surface area (Å²) in [5.74, 6) is 0. The summed E-state index contributed by atoms with van der Waals surface area (Å²) >= 11 is 1.61. The maximum atomic E-state index is 12.5. The van der Waals surface area contributed by atoms with Crippen LogP contribution in [0.3, 0.4) is 0 Å². The molecule has 0 bridgehead atoms. The zero-order chi connectivity index (χ0) is 18.4. The van der Waals surface area contributed by atoms with E-state index in [1.165, 1.54) is 0 Å². The number of thioether (sulfide) groups is 1. The van der Waals surface area contributed by atoms with Gasteiger partial charge < -0.3 is 9.64 Å². The molecule has 0 aliphatic carbocycles. The molecule has 6 nitrogen and oxygen atoms in total. The molecular formula is C18H30N4O2S. The van der Waals surface area contributed by atoms with Gasteiger partial charge in [0.25, 0.3) is 0 Å². The highest BCUT2D eigenvalue weighted by Crippen LogP contribution is 2.22. The number of likely N-dealkylation sites (tertiary alicyclic amines) is 1. The number of rotatable bonds is 5. The van der Waals surface area contributed by atoms with Crippen molar-refractivity contribution in [3.05, 3.63) is 18.1 Å². The Morgan fingerprint density at radius 3 is 2.76 bits per heavy atom. The molecule has 0 radical (unpaired) electrons. The quantitative estimate of drug-likeness (QED) is 0.744. The van der Waals surface area contributed by atoms with Crippen LogP contribution in [-0.4, -0.2) is 63.9 Å². The number of piperidine rings is 1. The third-order valence-electron chi connectivity index (χ3n) is 4.13. The van der Waals surface area contributed by atoms with E-state index in [-0.39, 0.29) is 12.1 Å². The van der Waals surface area contributed by atoms with Crippen LogP contribution in [-0.2, 0) is 11.3 Å². The molecule has 0 unspecified atom stereocenters. The molecule has 140 valence electrons. The number of ether oxygens (including phenoxy) is 1. The number of amides is 1. The molecule has 1 aliphatic rings. The monoisotopic (exact) mass is 366 g/mol. The van der Waals surface area contributed by atoms with Crippen LogP contribution >= 0.6 is 11.8 Å². The van der Waals surface area contributed by atoms with Gasteiger partial charge in [-0.2, -0.15) is 0 Å². The molecule has 1 aromatic heterocycles. The lowest BCUT2D eigenvalue weighted by atomic mass is 10.0. The van der Waals surface area contributed by atoms with Crippen LogP contribution < -0.4 is 0 Å².